The molecule has 66 valence electrons. The summed E-state index contributed by atoms with van der Waals surface area (Å²) in [4.78, 5) is 0. The van der Waals surface area contributed by atoms with Gasteiger partial charge in [0.1, 0.15) is 18.2 Å². The van der Waals surface area contributed by atoms with E-state index < -0.39 is 18.5 Å². The third-order valence-electron chi connectivity index (χ3n) is 1.56. The summed E-state index contributed by atoms with van der Waals surface area (Å²) in [6.07, 6.45) is 0. The van der Waals surface area contributed by atoms with Crippen LogP contribution in [-0.2, 0) is 0 Å². The summed E-state index contributed by atoms with van der Waals surface area (Å²) in [7, 11) is 0. The van der Waals surface area contributed by atoms with Crippen molar-refractivity contribution in [3.8, 4) is 5.75 Å². The molecule has 0 bridgehead atoms. The molecule has 0 unspecified atom stereocenters. The Labute approximate surface area is 68.6 Å². The summed E-state index contributed by atoms with van der Waals surface area (Å²) in [5.74, 6) is -0.715. The summed E-state index contributed by atoms with van der Waals surface area (Å²) in [5.41, 5.74) is 5.36. The van der Waals surface area contributed by atoms with Gasteiger partial charge in [0.2, 0.25) is 0 Å². The van der Waals surface area contributed by atoms with Crippen molar-refractivity contribution in [2.45, 2.75) is 6.04 Å². The van der Waals surface area contributed by atoms with Crippen molar-refractivity contribution in [1.29, 1.82) is 0 Å². The monoisotopic (exact) mass is 173 g/mol. The SMILES string of the molecule is N[C@H](CF)c1cc(F)ccc1O. The quantitative estimate of drug-likeness (QED) is 0.711. The van der Waals surface area contributed by atoms with Crippen LogP contribution >= 0.6 is 0 Å². The van der Waals surface area contributed by atoms with E-state index in [0.717, 1.165) is 18.2 Å². The van der Waals surface area contributed by atoms with Crippen molar-refractivity contribution < 1.29 is 13.9 Å². The Bertz CT molecular complexity index is 278. The Kier molecular flexibility index (Phi) is 2.60. The lowest BCUT2D eigenvalue weighted by atomic mass is 10.1. The molecular formula is C8H9F2NO. The predicted molar refractivity (Wildman–Crippen MR) is 41.0 cm³/mol. The first-order valence-corrected chi connectivity index (χ1v) is 3.45. The van der Waals surface area contributed by atoms with Crippen LogP contribution in [0.4, 0.5) is 8.78 Å². The van der Waals surface area contributed by atoms with Crippen molar-refractivity contribution in [2.75, 3.05) is 6.67 Å². The molecule has 0 aliphatic rings. The predicted octanol–water partition coefficient (Wildman–Crippen LogP) is 1.50. The second-order valence-corrected chi connectivity index (χ2v) is 2.46. The molecule has 3 N–H and O–H groups in total. The van der Waals surface area contributed by atoms with Crippen LogP contribution in [0.2, 0.25) is 0 Å². The maximum absolute atomic E-state index is 12.6. The number of aromatic hydroxyl groups is 1. The molecule has 0 saturated carbocycles. The van der Waals surface area contributed by atoms with Gasteiger partial charge in [0, 0.05) is 5.56 Å². The average Bonchev–Trinajstić information content (AvgIpc) is 2.08. The molecule has 0 fully saturated rings. The van der Waals surface area contributed by atoms with Crippen LogP contribution in [-0.4, -0.2) is 11.8 Å². The fourth-order valence-corrected chi connectivity index (χ4v) is 0.905. The molecular weight excluding hydrogens is 164 g/mol. The topological polar surface area (TPSA) is 46.2 Å². The second kappa shape index (κ2) is 3.49. The number of halogens is 2. The van der Waals surface area contributed by atoms with Crippen LogP contribution in [0, 0.1) is 5.82 Å². The van der Waals surface area contributed by atoms with Gasteiger partial charge in [-0.2, -0.15) is 0 Å². The zero-order valence-electron chi connectivity index (χ0n) is 6.30. The fourth-order valence-electron chi connectivity index (χ4n) is 0.905. The van der Waals surface area contributed by atoms with Gasteiger partial charge in [-0.05, 0) is 18.2 Å². The Morgan fingerprint density at radius 3 is 2.75 bits per heavy atom. The van der Waals surface area contributed by atoms with Crippen LogP contribution in [0.25, 0.3) is 0 Å². The van der Waals surface area contributed by atoms with Crippen LogP contribution in [0.3, 0.4) is 0 Å². The maximum Gasteiger partial charge on any atom is 0.123 e. The zero-order chi connectivity index (χ0) is 9.14. The van der Waals surface area contributed by atoms with Gasteiger partial charge in [-0.3, -0.25) is 0 Å². The highest BCUT2D eigenvalue weighted by molar-refractivity contribution is 5.34. The number of nitrogens with two attached hydrogens (primary N) is 1. The first kappa shape index (κ1) is 8.93. The molecule has 1 aromatic rings. The Morgan fingerprint density at radius 1 is 1.50 bits per heavy atom. The van der Waals surface area contributed by atoms with Gasteiger partial charge < -0.3 is 10.8 Å². The number of phenolic OH excluding ortho intramolecular Hbond substituents is 1. The van der Waals surface area contributed by atoms with Crippen LogP contribution in [0.15, 0.2) is 18.2 Å². The van der Waals surface area contributed by atoms with E-state index in [2.05, 4.69) is 0 Å². The molecule has 1 atom stereocenters. The van der Waals surface area contributed by atoms with Crippen molar-refractivity contribution >= 4 is 0 Å². The number of rotatable bonds is 2. The zero-order valence-corrected chi connectivity index (χ0v) is 6.30. The maximum atomic E-state index is 12.6. The first-order chi connectivity index (χ1) is 5.65. The highest BCUT2D eigenvalue weighted by Crippen LogP contribution is 2.23. The van der Waals surface area contributed by atoms with E-state index in [-0.39, 0.29) is 11.3 Å². The standard InChI is InChI=1S/C8H9F2NO/c9-4-7(11)6-3-5(10)1-2-8(6)12/h1-3,7,12H,4,11H2/t7-/m1/s1. The Hall–Kier alpha value is -1.16. The van der Waals surface area contributed by atoms with Crippen LogP contribution in [0.1, 0.15) is 11.6 Å². The van der Waals surface area contributed by atoms with Crippen LogP contribution in [0.5, 0.6) is 5.75 Å². The molecule has 0 radical (unpaired) electrons. The molecule has 0 amide bonds. The van der Waals surface area contributed by atoms with Crippen molar-refractivity contribution in [3.05, 3.63) is 29.6 Å². The van der Waals surface area contributed by atoms with Crippen molar-refractivity contribution in [1.82, 2.24) is 0 Å². The molecule has 0 spiro atoms. The number of alkyl halides is 1. The highest BCUT2D eigenvalue weighted by atomic mass is 19.1. The van der Waals surface area contributed by atoms with Crippen LogP contribution < -0.4 is 5.73 Å². The molecule has 2 nitrogen and oxygen atoms in total. The van der Waals surface area contributed by atoms with E-state index in [1.54, 1.807) is 0 Å². The lowest BCUT2D eigenvalue weighted by molar-refractivity contribution is 0.412. The van der Waals surface area contributed by atoms with Gasteiger partial charge in [-0.15, -0.1) is 0 Å². The molecule has 12 heavy (non-hydrogen) atoms. The van der Waals surface area contributed by atoms with E-state index in [1.165, 1.54) is 0 Å². The third kappa shape index (κ3) is 1.71. The van der Waals surface area contributed by atoms with E-state index in [0.29, 0.717) is 0 Å². The van der Waals surface area contributed by atoms with Gasteiger partial charge in [0.15, 0.2) is 0 Å². The minimum Gasteiger partial charge on any atom is -0.508 e. The van der Waals surface area contributed by atoms with E-state index in [4.69, 9.17) is 10.8 Å². The number of hydrogen-bond donors (Lipinski definition) is 2. The Balaban J connectivity index is 3.04. The van der Waals surface area contributed by atoms with Crippen molar-refractivity contribution in [2.24, 2.45) is 5.73 Å². The molecule has 0 heterocycles. The fraction of sp³-hybridized carbons (Fsp3) is 0.250. The molecule has 1 aromatic carbocycles. The minimum atomic E-state index is -0.958. The molecule has 0 aliphatic heterocycles. The summed E-state index contributed by atoms with van der Waals surface area (Å²) in [6, 6.07) is 2.31. The van der Waals surface area contributed by atoms with Gasteiger partial charge in [-0.25, -0.2) is 8.78 Å². The Morgan fingerprint density at radius 2 is 2.17 bits per heavy atom. The van der Waals surface area contributed by atoms with Gasteiger partial charge in [0.05, 0.1) is 6.04 Å². The van der Waals surface area contributed by atoms with E-state index in [9.17, 15) is 8.78 Å². The van der Waals surface area contributed by atoms with E-state index in [1.807, 2.05) is 0 Å². The summed E-state index contributed by atoms with van der Waals surface area (Å²) >= 11 is 0. The normalized spacial score (nSPS) is 12.9. The molecule has 0 aliphatic carbocycles. The molecule has 1 rings (SSSR count). The van der Waals surface area contributed by atoms with Gasteiger partial charge in [0.25, 0.3) is 0 Å². The summed E-state index contributed by atoms with van der Waals surface area (Å²) in [5, 5.41) is 9.12. The second-order valence-electron chi connectivity index (χ2n) is 2.46. The molecule has 0 aromatic heterocycles. The van der Waals surface area contributed by atoms with Gasteiger partial charge in [-0.1, -0.05) is 0 Å². The largest absolute Gasteiger partial charge is 0.508 e. The highest BCUT2D eigenvalue weighted by Gasteiger charge is 2.10. The smallest absolute Gasteiger partial charge is 0.123 e. The molecule has 0 saturated heterocycles. The molecule has 4 heteroatoms. The lowest BCUT2D eigenvalue weighted by Gasteiger charge is -2.08. The lowest BCUT2D eigenvalue weighted by Crippen LogP contribution is -2.12. The summed E-state index contributed by atoms with van der Waals surface area (Å²) < 4.78 is 24.6. The van der Waals surface area contributed by atoms with Gasteiger partial charge >= 0.3 is 0 Å². The van der Waals surface area contributed by atoms with E-state index >= 15 is 0 Å². The third-order valence-corrected chi connectivity index (χ3v) is 1.56. The number of benzene rings is 1. The number of phenols is 1. The summed E-state index contributed by atoms with van der Waals surface area (Å²) in [6.45, 7) is -0.822. The number of hydrogen-bond acceptors (Lipinski definition) is 2. The first-order valence-electron chi connectivity index (χ1n) is 3.45. The van der Waals surface area contributed by atoms with Crippen molar-refractivity contribution in [3.63, 3.8) is 0 Å². The average molecular weight is 173 g/mol. The minimum absolute atomic E-state index is 0.0949.